The van der Waals surface area contributed by atoms with E-state index < -0.39 is 78.6 Å². The number of aliphatic carboxylic acids is 1. The van der Waals surface area contributed by atoms with Gasteiger partial charge in [0.2, 0.25) is 29.5 Å². The first kappa shape index (κ1) is 25.7. The molecule has 5 amide bonds. The molecule has 29 heavy (non-hydrogen) atoms. The van der Waals surface area contributed by atoms with Crippen LogP contribution in [-0.2, 0) is 28.8 Å². The number of primary amides is 2. The Hall–Kier alpha value is -3.26. The summed E-state index contributed by atoms with van der Waals surface area (Å²) in [4.78, 5) is 69.0. The summed E-state index contributed by atoms with van der Waals surface area (Å²) < 4.78 is 0. The van der Waals surface area contributed by atoms with Crippen molar-refractivity contribution in [2.24, 2.45) is 17.2 Å². The molecule has 0 aliphatic rings. The van der Waals surface area contributed by atoms with E-state index in [1.165, 1.54) is 13.8 Å². The number of nitrogens with one attached hydrogen (secondary N) is 3. The summed E-state index contributed by atoms with van der Waals surface area (Å²) in [6.45, 7) is 2.39. The average molecular weight is 418 g/mol. The van der Waals surface area contributed by atoms with Crippen LogP contribution in [0.2, 0.25) is 0 Å². The molecular weight excluding hydrogens is 392 g/mol. The van der Waals surface area contributed by atoms with E-state index >= 15 is 0 Å². The summed E-state index contributed by atoms with van der Waals surface area (Å²) in [5.74, 6) is -6.18. The minimum atomic E-state index is -1.60. The third-order valence-electron chi connectivity index (χ3n) is 3.59. The van der Waals surface area contributed by atoms with Crippen molar-refractivity contribution in [2.75, 3.05) is 0 Å². The Morgan fingerprint density at radius 1 is 0.828 bits per heavy atom. The lowest BCUT2D eigenvalue weighted by Crippen LogP contribution is -2.59. The van der Waals surface area contributed by atoms with Crippen LogP contribution >= 0.6 is 0 Å². The van der Waals surface area contributed by atoms with Crippen molar-refractivity contribution in [3.63, 3.8) is 0 Å². The molecule has 14 nitrogen and oxygen atoms in total. The lowest BCUT2D eigenvalue weighted by atomic mass is 10.1. The van der Waals surface area contributed by atoms with Crippen molar-refractivity contribution in [3.8, 4) is 0 Å². The molecule has 164 valence electrons. The molecule has 0 aliphatic carbocycles. The second-order valence-electron chi connectivity index (χ2n) is 6.30. The van der Waals surface area contributed by atoms with E-state index in [1.54, 1.807) is 0 Å². The lowest BCUT2D eigenvalue weighted by Gasteiger charge is -2.24. The van der Waals surface area contributed by atoms with E-state index in [1.807, 2.05) is 5.32 Å². The van der Waals surface area contributed by atoms with Crippen LogP contribution in [-0.4, -0.2) is 76.0 Å². The van der Waals surface area contributed by atoms with Gasteiger partial charge in [0.1, 0.15) is 18.1 Å². The molecule has 0 saturated carbocycles. The van der Waals surface area contributed by atoms with Crippen LogP contribution in [0.3, 0.4) is 0 Å². The number of hydrogen-bond acceptors (Lipinski definition) is 8. The number of hydrogen-bond donors (Lipinski definition) is 8. The zero-order valence-corrected chi connectivity index (χ0v) is 15.9. The Balaban J connectivity index is 5.02. The Labute approximate surface area is 165 Å². The number of carbonyl (C=O) groups excluding carboxylic acids is 5. The summed E-state index contributed by atoms with van der Waals surface area (Å²) in [5.41, 5.74) is 15.3. The smallest absolute Gasteiger partial charge is 0.326 e. The van der Waals surface area contributed by atoms with Crippen LogP contribution in [0.25, 0.3) is 0 Å². The molecule has 0 bridgehead atoms. The van der Waals surface area contributed by atoms with E-state index in [0.29, 0.717) is 0 Å². The largest absolute Gasteiger partial charge is 0.480 e. The van der Waals surface area contributed by atoms with Crippen LogP contribution in [0, 0.1) is 0 Å². The summed E-state index contributed by atoms with van der Waals surface area (Å²) in [6.07, 6.45) is -2.56. The van der Waals surface area contributed by atoms with Crippen LogP contribution in [0.5, 0.6) is 0 Å². The summed E-state index contributed by atoms with van der Waals surface area (Å²) in [5, 5.41) is 25.0. The van der Waals surface area contributed by atoms with Crippen molar-refractivity contribution < 1.29 is 39.0 Å². The van der Waals surface area contributed by atoms with Crippen LogP contribution < -0.4 is 33.2 Å². The van der Waals surface area contributed by atoms with Gasteiger partial charge in [-0.25, -0.2) is 4.79 Å². The molecule has 0 aromatic rings. The first-order chi connectivity index (χ1) is 13.3. The van der Waals surface area contributed by atoms with Crippen LogP contribution in [0.1, 0.15) is 26.7 Å². The van der Waals surface area contributed by atoms with Crippen LogP contribution in [0.4, 0.5) is 0 Å². The fraction of sp³-hybridized carbons (Fsp3) is 0.600. The predicted octanol–water partition coefficient (Wildman–Crippen LogP) is -5.00. The highest BCUT2D eigenvalue weighted by molar-refractivity contribution is 5.95. The SMILES string of the molecule is CC(NC(=O)C(NC(=O)C(N)CC(N)=O)C(C)O)C(=O)NC(CC(N)=O)C(=O)O. The molecule has 5 unspecified atom stereocenters. The van der Waals surface area contributed by atoms with Crippen molar-refractivity contribution in [3.05, 3.63) is 0 Å². The van der Waals surface area contributed by atoms with Gasteiger partial charge < -0.3 is 43.4 Å². The van der Waals surface area contributed by atoms with Gasteiger partial charge in [-0.1, -0.05) is 0 Å². The molecule has 0 fully saturated rings. The molecule has 5 atom stereocenters. The lowest BCUT2D eigenvalue weighted by molar-refractivity contribution is -0.143. The summed E-state index contributed by atoms with van der Waals surface area (Å²) >= 11 is 0. The molecule has 0 aromatic heterocycles. The highest BCUT2D eigenvalue weighted by Gasteiger charge is 2.31. The fourth-order valence-corrected chi connectivity index (χ4v) is 2.04. The van der Waals surface area contributed by atoms with Gasteiger partial charge in [-0.2, -0.15) is 0 Å². The van der Waals surface area contributed by atoms with E-state index in [0.717, 1.165) is 0 Å². The van der Waals surface area contributed by atoms with E-state index in [4.69, 9.17) is 22.3 Å². The molecule has 0 spiro atoms. The van der Waals surface area contributed by atoms with Crippen LogP contribution in [0.15, 0.2) is 0 Å². The number of carbonyl (C=O) groups is 6. The molecule has 0 radical (unpaired) electrons. The number of aliphatic hydroxyl groups excluding tert-OH is 1. The van der Waals surface area contributed by atoms with Crippen molar-refractivity contribution in [1.82, 2.24) is 16.0 Å². The minimum absolute atomic E-state index is 0.491. The number of amides is 5. The highest BCUT2D eigenvalue weighted by Crippen LogP contribution is 1.99. The van der Waals surface area contributed by atoms with Gasteiger partial charge in [0.05, 0.1) is 25.0 Å². The Kier molecular flexibility index (Phi) is 10.3. The van der Waals surface area contributed by atoms with Gasteiger partial charge in [0, 0.05) is 0 Å². The topological polar surface area (TPSA) is 257 Å². The number of carboxylic acids is 1. The first-order valence-corrected chi connectivity index (χ1v) is 8.40. The van der Waals surface area contributed by atoms with E-state index in [-0.39, 0.29) is 0 Å². The second-order valence-corrected chi connectivity index (χ2v) is 6.30. The standard InChI is InChI=1S/C15H26N6O8/c1-5(12(25)20-8(15(28)29)4-10(18)24)19-14(27)11(6(2)22)21-13(26)7(16)3-9(17)23/h5-8,11,22H,3-4,16H2,1-2H3,(H2,17,23)(H2,18,24)(H,19,27)(H,20,25)(H,21,26)(H,28,29). The first-order valence-electron chi connectivity index (χ1n) is 8.40. The molecule has 11 N–H and O–H groups in total. The average Bonchev–Trinajstić information content (AvgIpc) is 2.56. The zero-order valence-electron chi connectivity index (χ0n) is 15.9. The Bertz CT molecular complexity index is 667. The number of nitrogens with two attached hydrogens (primary N) is 3. The maximum absolute atomic E-state index is 12.3. The Morgan fingerprint density at radius 2 is 1.34 bits per heavy atom. The van der Waals surface area contributed by atoms with Gasteiger partial charge in [-0.3, -0.25) is 24.0 Å². The number of aliphatic hydroxyl groups is 1. The van der Waals surface area contributed by atoms with Gasteiger partial charge in [-0.15, -0.1) is 0 Å². The predicted molar refractivity (Wildman–Crippen MR) is 96.4 cm³/mol. The monoisotopic (exact) mass is 418 g/mol. The van der Waals surface area contributed by atoms with E-state index in [2.05, 4.69) is 10.6 Å². The number of rotatable bonds is 12. The Morgan fingerprint density at radius 3 is 1.76 bits per heavy atom. The van der Waals surface area contributed by atoms with Gasteiger partial charge in [0.15, 0.2) is 0 Å². The summed E-state index contributed by atoms with van der Waals surface area (Å²) in [7, 11) is 0. The summed E-state index contributed by atoms with van der Waals surface area (Å²) in [6, 6.07) is -5.78. The van der Waals surface area contributed by atoms with Crippen molar-refractivity contribution >= 4 is 35.5 Å². The maximum Gasteiger partial charge on any atom is 0.326 e. The molecule has 0 aromatic carbocycles. The van der Waals surface area contributed by atoms with E-state index in [9.17, 15) is 33.9 Å². The third-order valence-corrected chi connectivity index (χ3v) is 3.59. The van der Waals surface area contributed by atoms with Gasteiger partial charge in [-0.05, 0) is 13.8 Å². The molecular formula is C15H26N6O8. The fourth-order valence-electron chi connectivity index (χ4n) is 2.04. The minimum Gasteiger partial charge on any atom is -0.480 e. The highest BCUT2D eigenvalue weighted by atomic mass is 16.4. The van der Waals surface area contributed by atoms with Crippen molar-refractivity contribution in [1.29, 1.82) is 0 Å². The van der Waals surface area contributed by atoms with Gasteiger partial charge in [0.25, 0.3) is 0 Å². The molecule has 0 aliphatic heterocycles. The molecule has 14 heteroatoms. The molecule has 0 heterocycles. The number of carboxylic acid groups (broad SMARTS) is 1. The zero-order chi connectivity index (χ0) is 22.9. The second kappa shape index (κ2) is 11.6. The third kappa shape index (κ3) is 9.48. The molecule has 0 rings (SSSR count). The normalized spacial score (nSPS) is 15.7. The van der Waals surface area contributed by atoms with Crippen molar-refractivity contribution in [2.45, 2.75) is 57.0 Å². The molecule has 0 saturated heterocycles. The quantitative estimate of drug-likeness (QED) is 0.151. The maximum atomic E-state index is 12.3. The van der Waals surface area contributed by atoms with Gasteiger partial charge >= 0.3 is 5.97 Å².